The molecule has 23 heavy (non-hydrogen) atoms. The van der Waals surface area contributed by atoms with Gasteiger partial charge in [-0.1, -0.05) is 0 Å². The van der Waals surface area contributed by atoms with Gasteiger partial charge in [-0.05, 0) is 0 Å². The van der Waals surface area contributed by atoms with Crippen LogP contribution in [0.4, 0.5) is 0 Å². The molecular formula is C12H21N3O8. The van der Waals surface area contributed by atoms with Crippen LogP contribution in [-0.4, -0.2) is 89.0 Å². The van der Waals surface area contributed by atoms with E-state index in [-0.39, 0.29) is 6.29 Å². The minimum atomic E-state index is -1.89. The molecule has 0 aromatic rings. The van der Waals surface area contributed by atoms with Gasteiger partial charge in [-0.3, -0.25) is 19.8 Å². The maximum atomic E-state index is 11.8. The Morgan fingerprint density at radius 1 is 1.35 bits per heavy atom. The summed E-state index contributed by atoms with van der Waals surface area (Å²) in [4.78, 5) is 34.8. The Hall–Kier alpha value is -2.24. The van der Waals surface area contributed by atoms with E-state index >= 15 is 0 Å². The van der Waals surface area contributed by atoms with Crippen LogP contribution in [0.5, 0.6) is 0 Å². The number of ether oxygens (including phenoxy) is 2. The maximum absolute atomic E-state index is 11.8. The zero-order chi connectivity index (χ0) is 18.2. The topological polar surface area (TPSA) is 183 Å². The standard InChI is InChI=1S/C12H21N3O8/c1-6(18)22-8(5-17)11(10(21)7(19)4-16)23-9(20)3-15(2)12(13)14/h5,7-8,10-11,16,19,21H,3-4H2,1-2H3,(H3,13,14)/t7-,8+,10-,11-/m1/s1. The second-order valence-electron chi connectivity index (χ2n) is 4.65. The Bertz CT molecular complexity index is 444. The number of esters is 2. The zero-order valence-corrected chi connectivity index (χ0v) is 12.7. The first-order valence-electron chi connectivity index (χ1n) is 6.48. The maximum Gasteiger partial charge on any atom is 0.326 e. The first-order valence-corrected chi connectivity index (χ1v) is 6.48. The molecule has 0 spiro atoms. The van der Waals surface area contributed by atoms with Gasteiger partial charge in [0.05, 0.1) is 6.61 Å². The molecular weight excluding hydrogens is 314 g/mol. The Morgan fingerprint density at radius 2 is 1.91 bits per heavy atom. The molecule has 0 saturated carbocycles. The minimum Gasteiger partial charge on any atom is -0.454 e. The largest absolute Gasteiger partial charge is 0.454 e. The number of nitrogens with two attached hydrogens (primary N) is 1. The van der Waals surface area contributed by atoms with Crippen LogP contribution in [0.3, 0.4) is 0 Å². The number of carbonyl (C=O) groups excluding carboxylic acids is 3. The SMILES string of the molecule is CC(=O)O[C@@H](C=O)[C@@H](OC(=O)CN(C)C(=N)N)[C@H](O)[C@H](O)CO. The average molecular weight is 335 g/mol. The second kappa shape index (κ2) is 9.71. The summed E-state index contributed by atoms with van der Waals surface area (Å²) in [6, 6.07) is 0. The van der Waals surface area contributed by atoms with Crippen LogP contribution in [0, 0.1) is 5.41 Å². The Labute approximate surface area is 132 Å². The second-order valence-corrected chi connectivity index (χ2v) is 4.65. The predicted molar refractivity (Wildman–Crippen MR) is 75.1 cm³/mol. The summed E-state index contributed by atoms with van der Waals surface area (Å²) in [5, 5.41) is 35.3. The van der Waals surface area contributed by atoms with Crippen molar-refractivity contribution in [2.45, 2.75) is 31.3 Å². The fourth-order valence-electron chi connectivity index (χ4n) is 1.49. The molecule has 0 fully saturated rings. The first-order chi connectivity index (χ1) is 10.6. The van der Waals surface area contributed by atoms with Crippen molar-refractivity contribution >= 4 is 24.2 Å². The normalized spacial score (nSPS) is 15.7. The van der Waals surface area contributed by atoms with E-state index in [0.29, 0.717) is 0 Å². The Kier molecular flexibility index (Phi) is 8.77. The molecule has 132 valence electrons. The fraction of sp³-hybridized carbons (Fsp3) is 0.667. The summed E-state index contributed by atoms with van der Waals surface area (Å²) < 4.78 is 9.46. The number of guanidine groups is 1. The van der Waals surface area contributed by atoms with Gasteiger partial charge in [-0.15, -0.1) is 0 Å². The monoisotopic (exact) mass is 335 g/mol. The molecule has 0 unspecified atom stereocenters. The molecule has 6 N–H and O–H groups in total. The van der Waals surface area contributed by atoms with Crippen LogP contribution >= 0.6 is 0 Å². The van der Waals surface area contributed by atoms with Crippen LogP contribution in [-0.2, 0) is 23.9 Å². The molecule has 0 aromatic carbocycles. The highest BCUT2D eigenvalue weighted by Crippen LogP contribution is 2.12. The van der Waals surface area contributed by atoms with E-state index in [4.69, 9.17) is 21.0 Å². The van der Waals surface area contributed by atoms with E-state index in [0.717, 1.165) is 11.8 Å². The Balaban J connectivity index is 5.17. The van der Waals surface area contributed by atoms with Gasteiger partial charge in [-0.25, -0.2) is 0 Å². The molecule has 4 atom stereocenters. The minimum absolute atomic E-state index is 0.112. The number of aliphatic hydroxyl groups excluding tert-OH is 3. The number of rotatable bonds is 9. The van der Waals surface area contributed by atoms with Crippen molar-refractivity contribution in [3.63, 3.8) is 0 Å². The van der Waals surface area contributed by atoms with Gasteiger partial charge >= 0.3 is 11.9 Å². The molecule has 0 aliphatic rings. The predicted octanol–water partition coefficient (Wildman–Crippen LogP) is -3.43. The summed E-state index contributed by atoms with van der Waals surface area (Å²) in [7, 11) is 1.32. The number of hydrogen-bond acceptors (Lipinski definition) is 9. The van der Waals surface area contributed by atoms with Gasteiger partial charge in [-0.2, -0.15) is 0 Å². The smallest absolute Gasteiger partial charge is 0.326 e. The highest BCUT2D eigenvalue weighted by Gasteiger charge is 2.38. The van der Waals surface area contributed by atoms with Crippen molar-refractivity contribution < 1.29 is 39.2 Å². The Morgan fingerprint density at radius 3 is 2.30 bits per heavy atom. The number of carbonyl (C=O) groups is 3. The summed E-state index contributed by atoms with van der Waals surface area (Å²) >= 11 is 0. The van der Waals surface area contributed by atoms with Crippen molar-refractivity contribution in [1.82, 2.24) is 4.90 Å². The highest BCUT2D eigenvalue weighted by molar-refractivity contribution is 5.81. The van der Waals surface area contributed by atoms with E-state index in [1.54, 1.807) is 0 Å². The molecule has 0 aliphatic carbocycles. The third kappa shape index (κ3) is 7.04. The van der Waals surface area contributed by atoms with Gasteiger partial charge in [0.15, 0.2) is 24.5 Å². The van der Waals surface area contributed by atoms with Crippen LogP contribution < -0.4 is 5.73 Å². The van der Waals surface area contributed by atoms with E-state index in [2.05, 4.69) is 4.74 Å². The summed E-state index contributed by atoms with van der Waals surface area (Å²) in [5.41, 5.74) is 5.15. The number of hydrogen-bond donors (Lipinski definition) is 5. The lowest BCUT2D eigenvalue weighted by Gasteiger charge is -2.29. The lowest BCUT2D eigenvalue weighted by molar-refractivity contribution is -0.184. The van der Waals surface area contributed by atoms with Crippen LogP contribution in [0.25, 0.3) is 0 Å². The van der Waals surface area contributed by atoms with E-state index in [9.17, 15) is 24.6 Å². The molecule has 0 rings (SSSR count). The van der Waals surface area contributed by atoms with Crippen LogP contribution in [0.2, 0.25) is 0 Å². The average Bonchev–Trinajstić information content (AvgIpc) is 2.48. The number of likely N-dealkylation sites (N-methyl/N-ethyl adjacent to an activating group) is 1. The molecule has 0 radical (unpaired) electrons. The van der Waals surface area contributed by atoms with Gasteiger partial charge < -0.3 is 35.4 Å². The molecule has 0 aromatic heterocycles. The number of aliphatic hydroxyl groups is 3. The third-order valence-corrected chi connectivity index (χ3v) is 2.72. The fourth-order valence-corrected chi connectivity index (χ4v) is 1.49. The van der Waals surface area contributed by atoms with E-state index in [1.165, 1.54) is 7.05 Å². The quantitative estimate of drug-likeness (QED) is 0.123. The zero-order valence-electron chi connectivity index (χ0n) is 12.7. The van der Waals surface area contributed by atoms with Gasteiger partial charge in [0.2, 0.25) is 0 Å². The van der Waals surface area contributed by atoms with E-state index < -0.39 is 55.5 Å². The van der Waals surface area contributed by atoms with Crippen molar-refractivity contribution in [1.29, 1.82) is 5.41 Å². The lowest BCUT2D eigenvalue weighted by atomic mass is 10.0. The molecule has 0 bridgehead atoms. The van der Waals surface area contributed by atoms with Crippen molar-refractivity contribution in [2.24, 2.45) is 5.73 Å². The van der Waals surface area contributed by atoms with Gasteiger partial charge in [0.1, 0.15) is 18.8 Å². The molecule has 11 nitrogen and oxygen atoms in total. The number of nitrogens with one attached hydrogen (secondary N) is 1. The molecule has 11 heteroatoms. The van der Waals surface area contributed by atoms with Crippen LogP contribution in [0.15, 0.2) is 0 Å². The summed E-state index contributed by atoms with van der Waals surface area (Å²) in [6.45, 7) is -0.374. The molecule has 0 amide bonds. The lowest BCUT2D eigenvalue weighted by Crippen LogP contribution is -2.51. The highest BCUT2D eigenvalue weighted by atomic mass is 16.6. The molecule has 0 aliphatic heterocycles. The summed E-state index contributed by atoms with van der Waals surface area (Å²) in [6.07, 6.45) is -6.94. The molecule has 0 saturated heterocycles. The summed E-state index contributed by atoms with van der Waals surface area (Å²) in [5.74, 6) is -2.31. The van der Waals surface area contributed by atoms with Gasteiger partial charge in [0, 0.05) is 14.0 Å². The first kappa shape index (κ1) is 20.8. The van der Waals surface area contributed by atoms with Crippen molar-refractivity contribution in [3.8, 4) is 0 Å². The van der Waals surface area contributed by atoms with Gasteiger partial charge in [0.25, 0.3) is 0 Å². The van der Waals surface area contributed by atoms with Crippen molar-refractivity contribution in [3.05, 3.63) is 0 Å². The molecule has 0 heterocycles. The van der Waals surface area contributed by atoms with E-state index in [1.807, 2.05) is 0 Å². The van der Waals surface area contributed by atoms with Crippen LogP contribution in [0.1, 0.15) is 6.92 Å². The third-order valence-electron chi connectivity index (χ3n) is 2.72. The number of nitrogens with zero attached hydrogens (tertiary/aromatic N) is 1. The van der Waals surface area contributed by atoms with Crippen molar-refractivity contribution in [2.75, 3.05) is 20.2 Å². The number of aldehydes is 1.